The molecule has 1 N–H and O–H groups in total. The van der Waals surface area contributed by atoms with Crippen LogP contribution in [0, 0.1) is 13.8 Å². The summed E-state index contributed by atoms with van der Waals surface area (Å²) < 4.78 is 43.1. The third-order valence-corrected chi connectivity index (χ3v) is 3.26. The zero-order chi connectivity index (χ0) is 15.8. The molecule has 0 unspecified atom stereocenters. The Morgan fingerprint density at radius 1 is 1.29 bits per heavy atom. The number of alkyl halides is 3. The molecule has 1 heterocycles. The van der Waals surface area contributed by atoms with E-state index in [9.17, 15) is 18.0 Å². The lowest BCUT2D eigenvalue weighted by Gasteiger charge is -2.11. The first-order chi connectivity index (χ1) is 9.70. The second kappa shape index (κ2) is 5.44. The average molecular weight is 318 g/mol. The van der Waals surface area contributed by atoms with Crippen molar-refractivity contribution in [2.24, 2.45) is 0 Å². The molecule has 0 radical (unpaired) electrons. The van der Waals surface area contributed by atoms with E-state index in [1.54, 1.807) is 13.8 Å². The van der Waals surface area contributed by atoms with Gasteiger partial charge in [0.2, 0.25) is 0 Å². The Labute approximate surface area is 123 Å². The second-order valence-corrected chi connectivity index (χ2v) is 4.90. The summed E-state index contributed by atoms with van der Waals surface area (Å²) in [5.41, 5.74) is -0.115. The zero-order valence-corrected chi connectivity index (χ0v) is 11.9. The molecule has 0 saturated carbocycles. The van der Waals surface area contributed by atoms with Crippen LogP contribution in [0.5, 0.6) is 0 Å². The molecule has 0 aliphatic carbocycles. The highest BCUT2D eigenvalue weighted by Gasteiger charge is 2.31. The number of amides is 1. The second-order valence-electron chi connectivity index (χ2n) is 4.50. The molecule has 1 aromatic carbocycles. The van der Waals surface area contributed by atoms with Crippen LogP contribution in [0.2, 0.25) is 5.02 Å². The largest absolute Gasteiger partial charge is 0.469 e. The van der Waals surface area contributed by atoms with Crippen molar-refractivity contribution >= 4 is 23.2 Å². The van der Waals surface area contributed by atoms with Crippen molar-refractivity contribution in [3.05, 3.63) is 51.9 Å². The number of furan rings is 1. The third kappa shape index (κ3) is 3.21. The highest BCUT2D eigenvalue weighted by molar-refractivity contribution is 6.34. The lowest BCUT2D eigenvalue weighted by molar-refractivity contribution is -0.137. The standard InChI is InChI=1S/C14H11ClF3NO2/c1-7-6-21-8(2)12(7)13(20)19-11-5-9(14(16,17)18)3-4-10(11)15/h3-6H,1-2H3,(H,19,20). The smallest absolute Gasteiger partial charge is 0.416 e. The number of halogens is 4. The van der Waals surface area contributed by atoms with Crippen LogP contribution < -0.4 is 5.32 Å². The maximum atomic E-state index is 12.7. The summed E-state index contributed by atoms with van der Waals surface area (Å²) in [5, 5.41) is 2.40. The molecule has 0 aliphatic rings. The number of nitrogens with one attached hydrogen (secondary N) is 1. The number of carbonyl (C=O) groups excluding carboxylic acids is 1. The summed E-state index contributed by atoms with van der Waals surface area (Å²) in [6, 6.07) is 2.74. The number of hydrogen-bond acceptors (Lipinski definition) is 2. The maximum absolute atomic E-state index is 12.7. The van der Waals surface area contributed by atoms with Gasteiger partial charge in [-0.05, 0) is 32.0 Å². The van der Waals surface area contributed by atoms with Crippen LogP contribution in [0.4, 0.5) is 18.9 Å². The van der Waals surface area contributed by atoms with Gasteiger partial charge in [-0.2, -0.15) is 13.2 Å². The molecule has 1 aromatic heterocycles. The van der Waals surface area contributed by atoms with E-state index in [1.807, 2.05) is 0 Å². The van der Waals surface area contributed by atoms with Crippen molar-refractivity contribution in [2.75, 3.05) is 5.32 Å². The topological polar surface area (TPSA) is 42.2 Å². The van der Waals surface area contributed by atoms with Gasteiger partial charge in [0, 0.05) is 5.56 Å². The number of benzene rings is 1. The SMILES string of the molecule is Cc1coc(C)c1C(=O)Nc1cc(C(F)(F)F)ccc1Cl. The molecule has 2 rings (SSSR count). The molecule has 0 fully saturated rings. The summed E-state index contributed by atoms with van der Waals surface area (Å²) in [7, 11) is 0. The quantitative estimate of drug-likeness (QED) is 0.862. The van der Waals surface area contributed by atoms with Crippen molar-refractivity contribution in [1.82, 2.24) is 0 Å². The Balaban J connectivity index is 2.34. The van der Waals surface area contributed by atoms with Crippen LogP contribution in [-0.2, 0) is 6.18 Å². The predicted molar refractivity (Wildman–Crippen MR) is 72.6 cm³/mol. The molecular weight excluding hydrogens is 307 g/mol. The summed E-state index contributed by atoms with van der Waals surface area (Å²) in [6.45, 7) is 3.26. The molecule has 0 aliphatic heterocycles. The predicted octanol–water partition coefficient (Wildman–Crippen LogP) is 4.82. The first-order valence-electron chi connectivity index (χ1n) is 5.93. The number of anilines is 1. The molecule has 21 heavy (non-hydrogen) atoms. The summed E-state index contributed by atoms with van der Waals surface area (Å²) >= 11 is 5.83. The Kier molecular flexibility index (Phi) is 4.00. The molecule has 0 spiro atoms. The van der Waals surface area contributed by atoms with Crippen molar-refractivity contribution in [3.63, 3.8) is 0 Å². The van der Waals surface area contributed by atoms with Crippen LogP contribution in [0.15, 0.2) is 28.9 Å². The summed E-state index contributed by atoms with van der Waals surface area (Å²) in [6.07, 6.45) is -3.11. The van der Waals surface area contributed by atoms with E-state index < -0.39 is 17.6 Å². The maximum Gasteiger partial charge on any atom is 0.416 e. The van der Waals surface area contributed by atoms with Crippen LogP contribution in [-0.4, -0.2) is 5.91 Å². The van der Waals surface area contributed by atoms with Gasteiger partial charge in [0.1, 0.15) is 5.76 Å². The highest BCUT2D eigenvalue weighted by atomic mass is 35.5. The lowest BCUT2D eigenvalue weighted by atomic mass is 10.1. The van der Waals surface area contributed by atoms with E-state index >= 15 is 0 Å². The van der Waals surface area contributed by atoms with E-state index in [0.29, 0.717) is 11.3 Å². The number of aryl methyl sites for hydroxylation is 2. The molecule has 0 saturated heterocycles. The molecule has 0 atom stereocenters. The third-order valence-electron chi connectivity index (χ3n) is 2.93. The Hall–Kier alpha value is -1.95. The van der Waals surface area contributed by atoms with Gasteiger partial charge in [0.15, 0.2) is 0 Å². The zero-order valence-electron chi connectivity index (χ0n) is 11.1. The average Bonchev–Trinajstić information content (AvgIpc) is 2.70. The van der Waals surface area contributed by atoms with Gasteiger partial charge in [-0.15, -0.1) is 0 Å². The molecule has 1 amide bonds. The van der Waals surface area contributed by atoms with Crippen molar-refractivity contribution in [2.45, 2.75) is 20.0 Å². The Morgan fingerprint density at radius 2 is 1.95 bits per heavy atom. The summed E-state index contributed by atoms with van der Waals surface area (Å²) in [4.78, 5) is 12.1. The van der Waals surface area contributed by atoms with Gasteiger partial charge in [0.05, 0.1) is 28.1 Å². The fourth-order valence-electron chi connectivity index (χ4n) is 1.89. The van der Waals surface area contributed by atoms with Gasteiger partial charge < -0.3 is 9.73 Å². The Morgan fingerprint density at radius 3 is 2.48 bits per heavy atom. The highest BCUT2D eigenvalue weighted by Crippen LogP contribution is 2.34. The van der Waals surface area contributed by atoms with E-state index in [0.717, 1.165) is 18.2 Å². The van der Waals surface area contributed by atoms with Gasteiger partial charge in [-0.1, -0.05) is 11.6 Å². The van der Waals surface area contributed by atoms with Crippen molar-refractivity contribution in [1.29, 1.82) is 0 Å². The van der Waals surface area contributed by atoms with Crippen LogP contribution >= 0.6 is 11.6 Å². The minimum absolute atomic E-state index is 0.0233. The minimum atomic E-state index is -4.51. The fourth-order valence-corrected chi connectivity index (χ4v) is 2.06. The molecule has 112 valence electrons. The van der Waals surface area contributed by atoms with E-state index in [-0.39, 0.29) is 16.3 Å². The van der Waals surface area contributed by atoms with Gasteiger partial charge in [0.25, 0.3) is 5.91 Å². The molecule has 3 nitrogen and oxygen atoms in total. The first-order valence-corrected chi connectivity index (χ1v) is 6.30. The van der Waals surface area contributed by atoms with E-state index in [2.05, 4.69) is 5.32 Å². The van der Waals surface area contributed by atoms with Crippen LogP contribution in [0.1, 0.15) is 27.2 Å². The van der Waals surface area contributed by atoms with Gasteiger partial charge in [-0.3, -0.25) is 4.79 Å². The van der Waals surface area contributed by atoms with Gasteiger partial charge in [-0.25, -0.2) is 0 Å². The number of carbonyl (C=O) groups is 1. The van der Waals surface area contributed by atoms with E-state index in [1.165, 1.54) is 6.26 Å². The van der Waals surface area contributed by atoms with Gasteiger partial charge >= 0.3 is 6.18 Å². The van der Waals surface area contributed by atoms with Crippen molar-refractivity contribution in [3.8, 4) is 0 Å². The Bertz CT molecular complexity index is 673. The number of rotatable bonds is 2. The minimum Gasteiger partial charge on any atom is -0.469 e. The summed E-state index contributed by atoms with van der Waals surface area (Å²) in [5.74, 6) is -0.187. The van der Waals surface area contributed by atoms with E-state index in [4.69, 9.17) is 16.0 Å². The molecule has 2 aromatic rings. The van der Waals surface area contributed by atoms with Crippen molar-refractivity contribution < 1.29 is 22.4 Å². The molecule has 7 heteroatoms. The lowest BCUT2D eigenvalue weighted by Crippen LogP contribution is -2.15. The van der Waals surface area contributed by atoms with Crippen LogP contribution in [0.25, 0.3) is 0 Å². The number of hydrogen-bond donors (Lipinski definition) is 1. The normalized spacial score (nSPS) is 11.5. The monoisotopic (exact) mass is 317 g/mol. The van der Waals surface area contributed by atoms with Crippen LogP contribution in [0.3, 0.4) is 0 Å². The fraction of sp³-hybridized carbons (Fsp3) is 0.214. The molecule has 0 bridgehead atoms. The molecular formula is C14H11ClF3NO2. The first kappa shape index (κ1) is 15.4.